The van der Waals surface area contributed by atoms with Crippen molar-refractivity contribution in [2.24, 2.45) is 4.99 Å². The number of halogens is 1. The molecule has 2 rings (SSSR count). The molecule has 2 heterocycles. The maximum absolute atomic E-state index is 4.67. The summed E-state index contributed by atoms with van der Waals surface area (Å²) in [5.74, 6) is 0.837. The Morgan fingerprint density at radius 1 is 0.960 bits per heavy atom. The van der Waals surface area contributed by atoms with Gasteiger partial charge in [-0.2, -0.15) is 0 Å². The number of hydrogen-bond donors (Lipinski definition) is 2. The molecule has 0 saturated carbocycles. The molecule has 0 amide bonds. The summed E-state index contributed by atoms with van der Waals surface area (Å²) in [6.45, 7) is 10.2. The Morgan fingerprint density at radius 2 is 1.52 bits per heavy atom. The quantitative estimate of drug-likeness (QED) is 0.351. The third-order valence-corrected chi connectivity index (χ3v) is 6.04. The number of aromatic nitrogens is 2. The van der Waals surface area contributed by atoms with Gasteiger partial charge in [-0.3, -0.25) is 4.99 Å². The van der Waals surface area contributed by atoms with Gasteiger partial charge in [-0.25, -0.2) is 9.97 Å². The van der Waals surface area contributed by atoms with Gasteiger partial charge in [0.25, 0.3) is 0 Å². The first-order valence-electron chi connectivity index (χ1n) is 8.36. The van der Waals surface area contributed by atoms with Crippen LogP contribution in [0.5, 0.6) is 0 Å². The van der Waals surface area contributed by atoms with Gasteiger partial charge in [0.05, 0.1) is 21.4 Å². The molecule has 0 aliphatic carbocycles. The molecule has 5 nitrogen and oxygen atoms in total. The zero-order valence-corrected chi connectivity index (χ0v) is 19.6. The highest BCUT2D eigenvalue weighted by Gasteiger charge is 2.07. The van der Waals surface area contributed by atoms with Gasteiger partial charge in [0.15, 0.2) is 5.96 Å². The van der Waals surface area contributed by atoms with Crippen molar-refractivity contribution < 1.29 is 0 Å². The van der Waals surface area contributed by atoms with Gasteiger partial charge in [0.2, 0.25) is 0 Å². The van der Waals surface area contributed by atoms with Gasteiger partial charge in [-0.05, 0) is 27.2 Å². The van der Waals surface area contributed by atoms with E-state index < -0.39 is 0 Å². The van der Waals surface area contributed by atoms with Crippen molar-refractivity contribution >= 4 is 52.6 Å². The molecule has 0 aromatic carbocycles. The molecule has 2 N–H and O–H groups in total. The molecule has 25 heavy (non-hydrogen) atoms. The number of aryl methyl sites for hydroxylation is 4. The topological polar surface area (TPSA) is 62.2 Å². The number of guanidine groups is 1. The number of aliphatic imine (C=N–C) groups is 1. The fourth-order valence-corrected chi connectivity index (χ4v) is 4.32. The molecule has 0 atom stereocenters. The molecule has 2 aromatic heterocycles. The molecule has 0 radical (unpaired) electrons. The van der Waals surface area contributed by atoms with Gasteiger partial charge < -0.3 is 10.6 Å². The Balaban J connectivity index is 0.00000312. The second-order valence-corrected chi connectivity index (χ2v) is 8.21. The van der Waals surface area contributed by atoms with Gasteiger partial charge in [-0.15, -0.1) is 46.7 Å². The molecular weight excluding hydrogens is 465 g/mol. The van der Waals surface area contributed by atoms with Crippen molar-refractivity contribution in [2.75, 3.05) is 20.1 Å². The van der Waals surface area contributed by atoms with Crippen LogP contribution in [-0.2, 0) is 19.3 Å². The summed E-state index contributed by atoms with van der Waals surface area (Å²) in [6, 6.07) is 0. The zero-order valence-electron chi connectivity index (χ0n) is 15.6. The van der Waals surface area contributed by atoms with Crippen molar-refractivity contribution in [3.63, 3.8) is 0 Å². The number of hydrogen-bond acceptors (Lipinski definition) is 5. The molecule has 0 unspecified atom stereocenters. The van der Waals surface area contributed by atoms with Crippen LogP contribution >= 0.6 is 46.7 Å². The lowest BCUT2D eigenvalue weighted by molar-refractivity contribution is 0.778. The summed E-state index contributed by atoms with van der Waals surface area (Å²) in [4.78, 5) is 16.2. The summed E-state index contributed by atoms with van der Waals surface area (Å²) >= 11 is 3.57. The highest BCUT2D eigenvalue weighted by atomic mass is 127. The molecule has 8 heteroatoms. The fraction of sp³-hybridized carbons (Fsp3) is 0.588. The Bertz CT molecular complexity index is 674. The third kappa shape index (κ3) is 6.82. The van der Waals surface area contributed by atoms with Crippen LogP contribution in [0.3, 0.4) is 0 Å². The first-order chi connectivity index (χ1) is 11.5. The summed E-state index contributed by atoms with van der Waals surface area (Å²) in [6.07, 6.45) is 2.86. The first kappa shape index (κ1) is 22.3. The predicted molar refractivity (Wildman–Crippen MR) is 120 cm³/mol. The van der Waals surface area contributed by atoms with Gasteiger partial charge in [0, 0.05) is 42.7 Å². The van der Waals surface area contributed by atoms with E-state index >= 15 is 0 Å². The minimum atomic E-state index is 0. The van der Waals surface area contributed by atoms with Crippen LogP contribution < -0.4 is 10.6 Å². The van der Waals surface area contributed by atoms with E-state index in [1.165, 1.54) is 25.5 Å². The van der Waals surface area contributed by atoms with E-state index in [0.717, 1.165) is 44.0 Å². The normalized spacial score (nSPS) is 11.3. The van der Waals surface area contributed by atoms with E-state index in [9.17, 15) is 0 Å². The van der Waals surface area contributed by atoms with Crippen molar-refractivity contribution in [1.29, 1.82) is 0 Å². The average molecular weight is 493 g/mol. The summed E-state index contributed by atoms with van der Waals surface area (Å²) < 4.78 is 0. The number of thiazole rings is 2. The van der Waals surface area contributed by atoms with E-state index in [4.69, 9.17) is 0 Å². The van der Waals surface area contributed by atoms with Crippen molar-refractivity contribution in [2.45, 2.75) is 47.0 Å². The molecule has 0 saturated heterocycles. The molecule has 0 aliphatic rings. The minimum absolute atomic E-state index is 0. The number of nitrogens with zero attached hydrogens (tertiary/aromatic N) is 3. The lowest BCUT2D eigenvalue weighted by atomic mass is 10.3. The van der Waals surface area contributed by atoms with E-state index in [1.807, 2.05) is 0 Å². The monoisotopic (exact) mass is 493 g/mol. The van der Waals surface area contributed by atoms with Crippen molar-refractivity contribution in [3.8, 4) is 0 Å². The van der Waals surface area contributed by atoms with Gasteiger partial charge >= 0.3 is 0 Å². The second-order valence-electron chi connectivity index (χ2n) is 5.64. The Morgan fingerprint density at radius 3 is 1.96 bits per heavy atom. The molecule has 2 aromatic rings. The maximum Gasteiger partial charge on any atom is 0.191 e. The lowest BCUT2D eigenvalue weighted by Gasteiger charge is -2.10. The average Bonchev–Trinajstić information content (AvgIpc) is 3.07. The van der Waals surface area contributed by atoms with Crippen molar-refractivity contribution in [3.05, 3.63) is 31.2 Å². The molecule has 0 aliphatic heterocycles. The van der Waals surface area contributed by atoms with Crippen LogP contribution in [0.15, 0.2) is 4.99 Å². The minimum Gasteiger partial charge on any atom is -0.356 e. The van der Waals surface area contributed by atoms with Crippen LogP contribution in [0.1, 0.15) is 38.1 Å². The largest absolute Gasteiger partial charge is 0.356 e. The molecule has 140 valence electrons. The maximum atomic E-state index is 4.67. The summed E-state index contributed by atoms with van der Waals surface area (Å²) in [5.41, 5.74) is 2.37. The Labute approximate surface area is 175 Å². The Kier molecular flexibility index (Phi) is 9.88. The van der Waals surface area contributed by atoms with E-state index in [0.29, 0.717) is 0 Å². The van der Waals surface area contributed by atoms with Crippen LogP contribution in [0.2, 0.25) is 0 Å². The lowest BCUT2D eigenvalue weighted by Crippen LogP contribution is -2.39. The standard InChI is InChI=1S/C17H27N5S2.HI/c1-6-14-13(4)24-16(22-14)8-10-20-17(18-5)19-9-7-15-21-11(2)12(3)23-15;/h6-10H2,1-5H3,(H2,18,19,20);1H. The van der Waals surface area contributed by atoms with E-state index in [1.54, 1.807) is 29.7 Å². The highest BCUT2D eigenvalue weighted by molar-refractivity contribution is 14.0. The van der Waals surface area contributed by atoms with Gasteiger partial charge in [-0.1, -0.05) is 6.92 Å². The van der Waals surface area contributed by atoms with Crippen LogP contribution in [0, 0.1) is 20.8 Å². The molecule has 0 spiro atoms. The zero-order chi connectivity index (χ0) is 17.5. The summed E-state index contributed by atoms with van der Waals surface area (Å²) in [5, 5.41) is 9.08. The second kappa shape index (κ2) is 11.1. The third-order valence-electron chi connectivity index (χ3n) is 3.83. The van der Waals surface area contributed by atoms with Gasteiger partial charge in [0.1, 0.15) is 0 Å². The molecule has 0 bridgehead atoms. The smallest absolute Gasteiger partial charge is 0.191 e. The SMILES string of the molecule is CCc1nc(CCNC(=NC)NCCc2nc(C)c(C)s2)sc1C.I. The molecule has 0 fully saturated rings. The first-order valence-corrected chi connectivity index (χ1v) is 9.99. The van der Waals surface area contributed by atoms with Crippen LogP contribution in [-0.4, -0.2) is 36.1 Å². The molecular formula is C17H28IN5S2. The van der Waals surface area contributed by atoms with Crippen LogP contribution in [0.4, 0.5) is 0 Å². The number of rotatable bonds is 7. The Hall–Kier alpha value is -0.740. The number of nitrogens with one attached hydrogen (secondary N) is 2. The van der Waals surface area contributed by atoms with E-state index in [2.05, 4.69) is 53.3 Å². The van der Waals surface area contributed by atoms with E-state index in [-0.39, 0.29) is 24.0 Å². The highest BCUT2D eigenvalue weighted by Crippen LogP contribution is 2.18. The summed E-state index contributed by atoms with van der Waals surface area (Å²) in [7, 11) is 1.80. The fourth-order valence-electron chi connectivity index (χ4n) is 2.37. The van der Waals surface area contributed by atoms with Crippen LogP contribution in [0.25, 0.3) is 0 Å². The predicted octanol–water partition coefficient (Wildman–Crippen LogP) is 3.66. The van der Waals surface area contributed by atoms with Crippen molar-refractivity contribution in [1.82, 2.24) is 20.6 Å².